The van der Waals surface area contributed by atoms with Crippen molar-refractivity contribution in [1.82, 2.24) is 15.1 Å². The Morgan fingerprint density at radius 1 is 1.22 bits per heavy atom. The third-order valence-electron chi connectivity index (χ3n) is 5.09. The average Bonchev–Trinajstić information content (AvgIpc) is 2.65. The van der Waals surface area contributed by atoms with Crippen LogP contribution in [0.4, 0.5) is 0 Å². The molecule has 2 aliphatic rings. The van der Waals surface area contributed by atoms with Gasteiger partial charge in [0.15, 0.2) is 0 Å². The summed E-state index contributed by atoms with van der Waals surface area (Å²) in [4.78, 5) is 28.7. The van der Waals surface area contributed by atoms with Crippen LogP contribution in [0.5, 0.6) is 0 Å². The minimum Gasteiger partial charge on any atom is -0.352 e. The topological polar surface area (TPSA) is 52.7 Å². The molecular weight excluding hydrogens is 290 g/mol. The third kappa shape index (κ3) is 3.24. The molecule has 124 valence electrons. The average molecular weight is 315 g/mol. The second-order valence-corrected chi connectivity index (χ2v) is 7.03. The van der Waals surface area contributed by atoms with E-state index >= 15 is 0 Å². The van der Waals surface area contributed by atoms with Crippen molar-refractivity contribution in [3.63, 3.8) is 0 Å². The van der Waals surface area contributed by atoms with Gasteiger partial charge in [0, 0.05) is 19.6 Å². The van der Waals surface area contributed by atoms with Gasteiger partial charge in [-0.05, 0) is 44.5 Å². The van der Waals surface area contributed by atoms with Crippen LogP contribution in [-0.2, 0) is 22.6 Å². The zero-order valence-electron chi connectivity index (χ0n) is 14.0. The second kappa shape index (κ2) is 6.32. The number of nitrogens with one attached hydrogen (secondary N) is 1. The summed E-state index contributed by atoms with van der Waals surface area (Å²) in [5.74, 6) is 0.299. The van der Waals surface area contributed by atoms with Gasteiger partial charge in [-0.15, -0.1) is 0 Å². The minimum atomic E-state index is -0.360. The quantitative estimate of drug-likeness (QED) is 0.887. The molecule has 0 aliphatic carbocycles. The highest BCUT2D eigenvalue weighted by molar-refractivity contribution is 5.84. The van der Waals surface area contributed by atoms with Crippen molar-refractivity contribution in [2.24, 2.45) is 5.41 Å². The van der Waals surface area contributed by atoms with Crippen LogP contribution in [0.15, 0.2) is 24.3 Å². The highest BCUT2D eigenvalue weighted by Gasteiger charge is 2.43. The Morgan fingerprint density at radius 3 is 2.52 bits per heavy atom. The largest absolute Gasteiger partial charge is 0.352 e. The zero-order valence-corrected chi connectivity index (χ0v) is 14.0. The number of amides is 2. The minimum absolute atomic E-state index is 0.147. The van der Waals surface area contributed by atoms with E-state index in [0.29, 0.717) is 26.2 Å². The molecule has 1 aromatic carbocycles. The van der Waals surface area contributed by atoms with Crippen molar-refractivity contribution in [1.29, 1.82) is 0 Å². The zero-order chi connectivity index (χ0) is 16.4. The van der Waals surface area contributed by atoms with Gasteiger partial charge in [-0.25, -0.2) is 0 Å². The highest BCUT2D eigenvalue weighted by atomic mass is 16.2. The van der Waals surface area contributed by atoms with E-state index in [1.807, 2.05) is 36.0 Å². The van der Waals surface area contributed by atoms with Gasteiger partial charge < -0.3 is 15.1 Å². The molecule has 2 aliphatic heterocycles. The maximum absolute atomic E-state index is 12.7. The summed E-state index contributed by atoms with van der Waals surface area (Å²) < 4.78 is 0. The van der Waals surface area contributed by atoms with Crippen LogP contribution in [0, 0.1) is 5.41 Å². The fraction of sp³-hybridized carbons (Fsp3) is 0.556. The number of likely N-dealkylation sites (N-methyl/N-ethyl adjacent to an activating group) is 1. The van der Waals surface area contributed by atoms with E-state index in [4.69, 9.17) is 0 Å². The maximum atomic E-state index is 12.7. The molecule has 1 aromatic rings. The fourth-order valence-electron chi connectivity index (χ4n) is 3.67. The van der Waals surface area contributed by atoms with Gasteiger partial charge in [0.05, 0.1) is 12.0 Å². The monoisotopic (exact) mass is 315 g/mol. The number of rotatable bonds is 2. The van der Waals surface area contributed by atoms with Crippen molar-refractivity contribution < 1.29 is 9.59 Å². The molecule has 0 atom stereocenters. The number of piperidine rings is 1. The van der Waals surface area contributed by atoms with Crippen LogP contribution in [0.25, 0.3) is 0 Å². The molecule has 0 saturated carbocycles. The van der Waals surface area contributed by atoms with Crippen molar-refractivity contribution in [3.05, 3.63) is 35.4 Å². The molecule has 1 N–H and O–H groups in total. The molecule has 1 fully saturated rings. The van der Waals surface area contributed by atoms with Gasteiger partial charge >= 0.3 is 0 Å². The summed E-state index contributed by atoms with van der Waals surface area (Å²) >= 11 is 0. The maximum Gasteiger partial charge on any atom is 0.236 e. The summed E-state index contributed by atoms with van der Waals surface area (Å²) in [5, 5.41) is 3.09. The van der Waals surface area contributed by atoms with Crippen LogP contribution in [0.2, 0.25) is 0 Å². The smallest absolute Gasteiger partial charge is 0.236 e. The molecule has 3 rings (SSSR count). The molecule has 1 saturated heterocycles. The Hall–Kier alpha value is -1.88. The lowest BCUT2D eigenvalue weighted by atomic mass is 9.73. The summed E-state index contributed by atoms with van der Waals surface area (Å²) in [5.41, 5.74) is 2.12. The first kappa shape index (κ1) is 16.0. The van der Waals surface area contributed by atoms with E-state index in [9.17, 15) is 9.59 Å². The Bertz CT molecular complexity index is 604. The number of hydrogen-bond donors (Lipinski definition) is 1. The van der Waals surface area contributed by atoms with Crippen LogP contribution in [-0.4, -0.2) is 55.3 Å². The van der Waals surface area contributed by atoms with Crippen LogP contribution in [0.3, 0.4) is 0 Å². The van der Waals surface area contributed by atoms with E-state index in [-0.39, 0.29) is 17.2 Å². The molecular formula is C18H25N3O2. The summed E-state index contributed by atoms with van der Waals surface area (Å²) in [6.07, 6.45) is 2.27. The number of hydrogen-bond acceptors (Lipinski definition) is 3. The lowest BCUT2D eigenvalue weighted by Crippen LogP contribution is -2.51. The number of likely N-dealkylation sites (tertiary alicyclic amines) is 1. The molecule has 5 nitrogen and oxygen atoms in total. The molecule has 0 unspecified atom stereocenters. The van der Waals surface area contributed by atoms with E-state index in [1.54, 1.807) is 0 Å². The van der Waals surface area contributed by atoms with Gasteiger partial charge in [-0.3, -0.25) is 9.59 Å². The Morgan fingerprint density at radius 2 is 1.87 bits per heavy atom. The van der Waals surface area contributed by atoms with Crippen molar-refractivity contribution in [2.45, 2.75) is 25.8 Å². The molecule has 0 radical (unpaired) electrons. The van der Waals surface area contributed by atoms with Gasteiger partial charge in [0.2, 0.25) is 11.8 Å². The number of benzene rings is 1. The molecule has 0 bridgehead atoms. The Balaban J connectivity index is 1.73. The summed E-state index contributed by atoms with van der Waals surface area (Å²) in [6, 6.07) is 8.27. The third-order valence-corrected chi connectivity index (χ3v) is 5.09. The Kier molecular flexibility index (Phi) is 4.39. The lowest BCUT2D eigenvalue weighted by molar-refractivity contribution is -0.140. The first-order valence-electron chi connectivity index (χ1n) is 8.28. The standard InChI is InChI=1S/C18H25N3O2/c1-20(2)13-16(22)21-9-7-18(8-10-21)11-14-5-3-4-6-15(14)12-19-17(18)23/h3-6H,7-13H2,1-2H3,(H,19,23). The molecule has 23 heavy (non-hydrogen) atoms. The number of carbonyl (C=O) groups is 2. The predicted octanol–water partition coefficient (Wildman–Crippen LogP) is 1.03. The number of fused-ring (bicyclic) bond motifs is 1. The lowest BCUT2D eigenvalue weighted by Gasteiger charge is -2.40. The van der Waals surface area contributed by atoms with Gasteiger partial charge in [0.1, 0.15) is 0 Å². The fourth-order valence-corrected chi connectivity index (χ4v) is 3.67. The Labute approximate surface area is 137 Å². The molecule has 2 amide bonds. The van der Waals surface area contributed by atoms with Crippen molar-refractivity contribution in [3.8, 4) is 0 Å². The second-order valence-electron chi connectivity index (χ2n) is 7.03. The van der Waals surface area contributed by atoms with Gasteiger partial charge in [0.25, 0.3) is 0 Å². The van der Waals surface area contributed by atoms with Gasteiger partial charge in [-0.1, -0.05) is 24.3 Å². The van der Waals surface area contributed by atoms with Crippen molar-refractivity contribution in [2.75, 3.05) is 33.7 Å². The SMILES string of the molecule is CN(C)CC(=O)N1CCC2(CC1)Cc1ccccc1CNC2=O. The molecule has 5 heteroatoms. The van der Waals surface area contributed by atoms with Crippen LogP contribution >= 0.6 is 0 Å². The normalized spacial score (nSPS) is 20.1. The first-order valence-corrected chi connectivity index (χ1v) is 8.28. The van der Waals surface area contributed by atoms with E-state index in [1.165, 1.54) is 11.1 Å². The molecule has 1 spiro atoms. The molecule has 2 heterocycles. The number of carbonyl (C=O) groups excluding carboxylic acids is 2. The summed E-state index contributed by atoms with van der Waals surface area (Å²) in [6.45, 7) is 2.38. The first-order chi connectivity index (χ1) is 11.0. The van der Waals surface area contributed by atoms with Crippen LogP contribution < -0.4 is 5.32 Å². The summed E-state index contributed by atoms with van der Waals surface area (Å²) in [7, 11) is 3.80. The van der Waals surface area contributed by atoms with E-state index in [0.717, 1.165) is 19.3 Å². The van der Waals surface area contributed by atoms with Crippen molar-refractivity contribution >= 4 is 11.8 Å². The van der Waals surface area contributed by atoms with E-state index < -0.39 is 0 Å². The van der Waals surface area contributed by atoms with E-state index in [2.05, 4.69) is 17.4 Å². The van der Waals surface area contributed by atoms with Gasteiger partial charge in [-0.2, -0.15) is 0 Å². The molecule has 0 aromatic heterocycles. The number of nitrogens with zero attached hydrogens (tertiary/aromatic N) is 2. The van der Waals surface area contributed by atoms with Crippen LogP contribution in [0.1, 0.15) is 24.0 Å². The highest BCUT2D eigenvalue weighted by Crippen LogP contribution is 2.38. The predicted molar refractivity (Wildman–Crippen MR) is 88.8 cm³/mol.